The molecule has 0 fully saturated rings. The molecule has 2 unspecified atom stereocenters. The van der Waals surface area contributed by atoms with E-state index in [1.807, 2.05) is 6.07 Å². The first-order valence-electron chi connectivity index (χ1n) is 5.99. The van der Waals surface area contributed by atoms with Crippen molar-refractivity contribution in [2.45, 2.75) is 19.0 Å². The van der Waals surface area contributed by atoms with E-state index in [0.717, 1.165) is 5.56 Å². The molecule has 0 aliphatic heterocycles. The summed E-state index contributed by atoms with van der Waals surface area (Å²) in [7, 11) is 1.36. The van der Waals surface area contributed by atoms with Crippen molar-refractivity contribution in [3.05, 3.63) is 34.9 Å². The van der Waals surface area contributed by atoms with Crippen LogP contribution in [0.5, 0.6) is 0 Å². The molecule has 20 heavy (non-hydrogen) atoms. The number of carboxylic acids is 1. The number of carbonyl (C=O) groups is 2. The fourth-order valence-corrected chi connectivity index (χ4v) is 1.94. The van der Waals surface area contributed by atoms with Gasteiger partial charge in [0, 0.05) is 12.1 Å². The quantitative estimate of drug-likeness (QED) is 0.747. The van der Waals surface area contributed by atoms with Crippen molar-refractivity contribution in [3.63, 3.8) is 0 Å². The van der Waals surface area contributed by atoms with E-state index in [1.54, 1.807) is 25.1 Å². The molecule has 1 rings (SSSR count). The SMILES string of the molecule is COCC(NC(=O)NC(C)c1ccccc1Cl)C(=O)O. The van der Waals surface area contributed by atoms with E-state index in [1.165, 1.54) is 7.11 Å². The van der Waals surface area contributed by atoms with Gasteiger partial charge in [0.15, 0.2) is 6.04 Å². The minimum atomic E-state index is -1.16. The number of aliphatic carboxylic acids is 1. The maximum Gasteiger partial charge on any atom is 0.328 e. The molecule has 3 N–H and O–H groups in total. The zero-order chi connectivity index (χ0) is 15.1. The van der Waals surface area contributed by atoms with E-state index in [0.29, 0.717) is 5.02 Å². The first kappa shape index (κ1) is 16.3. The summed E-state index contributed by atoms with van der Waals surface area (Å²) < 4.78 is 4.73. The predicted octanol–water partition coefficient (Wildman–Crippen LogP) is 1.80. The van der Waals surface area contributed by atoms with Crippen LogP contribution in [0.3, 0.4) is 0 Å². The number of carboxylic acid groups (broad SMARTS) is 1. The fourth-order valence-electron chi connectivity index (χ4n) is 1.64. The second kappa shape index (κ2) is 7.72. The van der Waals surface area contributed by atoms with Gasteiger partial charge < -0.3 is 20.5 Å². The minimum absolute atomic E-state index is 0.108. The molecule has 0 spiro atoms. The zero-order valence-electron chi connectivity index (χ0n) is 11.2. The fraction of sp³-hybridized carbons (Fsp3) is 0.385. The Bertz CT molecular complexity index is 481. The van der Waals surface area contributed by atoms with Gasteiger partial charge in [-0.2, -0.15) is 0 Å². The van der Waals surface area contributed by atoms with Gasteiger partial charge in [-0.25, -0.2) is 9.59 Å². The van der Waals surface area contributed by atoms with Gasteiger partial charge in [0.1, 0.15) is 0 Å². The number of rotatable bonds is 6. The number of urea groups is 1. The second-order valence-corrected chi connectivity index (χ2v) is 4.61. The van der Waals surface area contributed by atoms with Crippen LogP contribution < -0.4 is 10.6 Å². The molecule has 0 radical (unpaired) electrons. The highest BCUT2D eigenvalue weighted by Crippen LogP contribution is 2.21. The van der Waals surface area contributed by atoms with Gasteiger partial charge in [0.25, 0.3) is 0 Å². The Balaban J connectivity index is 2.62. The molecule has 2 amide bonds. The summed E-state index contributed by atoms with van der Waals surface area (Å²) in [6.45, 7) is 1.65. The van der Waals surface area contributed by atoms with Crippen LogP contribution in [0, 0.1) is 0 Å². The Hall–Kier alpha value is -1.79. The average Bonchev–Trinajstić information content (AvgIpc) is 2.38. The Morgan fingerprint density at radius 1 is 1.35 bits per heavy atom. The third kappa shape index (κ3) is 4.71. The molecular formula is C13H17ClN2O4. The molecule has 0 saturated carbocycles. The summed E-state index contributed by atoms with van der Waals surface area (Å²) in [5.74, 6) is -1.16. The van der Waals surface area contributed by atoms with Crippen LogP contribution in [-0.4, -0.2) is 36.9 Å². The first-order chi connectivity index (χ1) is 9.45. The normalized spacial score (nSPS) is 13.3. The molecule has 0 heterocycles. The summed E-state index contributed by atoms with van der Waals surface area (Å²) in [5, 5.41) is 14.4. The number of hydrogen-bond donors (Lipinski definition) is 3. The van der Waals surface area contributed by atoms with Crippen molar-refractivity contribution in [1.82, 2.24) is 10.6 Å². The van der Waals surface area contributed by atoms with Gasteiger partial charge in [0.05, 0.1) is 12.6 Å². The van der Waals surface area contributed by atoms with Crippen molar-refractivity contribution >= 4 is 23.6 Å². The summed E-state index contributed by atoms with van der Waals surface area (Å²) in [5.41, 5.74) is 0.753. The average molecular weight is 301 g/mol. The van der Waals surface area contributed by atoms with Gasteiger partial charge >= 0.3 is 12.0 Å². The van der Waals surface area contributed by atoms with Crippen LogP contribution in [0.1, 0.15) is 18.5 Å². The summed E-state index contributed by atoms with van der Waals surface area (Å²) in [4.78, 5) is 22.6. The van der Waals surface area contributed by atoms with Crippen LogP contribution in [-0.2, 0) is 9.53 Å². The molecule has 7 heteroatoms. The molecule has 6 nitrogen and oxygen atoms in total. The molecule has 2 atom stereocenters. The monoisotopic (exact) mass is 300 g/mol. The molecule has 0 saturated heterocycles. The number of benzene rings is 1. The van der Waals surface area contributed by atoms with Crippen LogP contribution in [0.2, 0.25) is 5.02 Å². The molecule has 0 aliphatic rings. The molecule has 0 aliphatic carbocycles. The van der Waals surface area contributed by atoms with E-state index in [4.69, 9.17) is 21.4 Å². The lowest BCUT2D eigenvalue weighted by Crippen LogP contribution is -2.48. The van der Waals surface area contributed by atoms with Gasteiger partial charge in [-0.1, -0.05) is 29.8 Å². The van der Waals surface area contributed by atoms with E-state index < -0.39 is 18.0 Å². The first-order valence-corrected chi connectivity index (χ1v) is 6.36. The van der Waals surface area contributed by atoms with E-state index in [2.05, 4.69) is 10.6 Å². The minimum Gasteiger partial charge on any atom is -0.480 e. The second-order valence-electron chi connectivity index (χ2n) is 4.21. The lowest BCUT2D eigenvalue weighted by atomic mass is 10.1. The summed E-state index contributed by atoms with van der Waals surface area (Å²) in [6, 6.07) is 5.07. The zero-order valence-corrected chi connectivity index (χ0v) is 12.0. The number of ether oxygens (including phenoxy) is 1. The number of carbonyl (C=O) groups excluding carboxylic acids is 1. The lowest BCUT2D eigenvalue weighted by molar-refractivity contribution is -0.140. The number of nitrogens with one attached hydrogen (secondary N) is 2. The Morgan fingerprint density at radius 3 is 2.55 bits per heavy atom. The third-order valence-corrected chi connectivity index (χ3v) is 3.00. The Morgan fingerprint density at radius 2 is 2.00 bits per heavy atom. The molecule has 1 aromatic carbocycles. The number of methoxy groups -OCH3 is 1. The highest BCUT2D eigenvalue weighted by Gasteiger charge is 2.21. The maximum absolute atomic E-state index is 11.7. The van der Waals surface area contributed by atoms with Gasteiger partial charge in [-0.15, -0.1) is 0 Å². The van der Waals surface area contributed by atoms with Crippen LogP contribution in [0.4, 0.5) is 4.79 Å². The van der Waals surface area contributed by atoms with Crippen molar-refractivity contribution in [1.29, 1.82) is 0 Å². The number of amides is 2. The molecule has 0 bridgehead atoms. The summed E-state index contributed by atoms with van der Waals surface area (Å²) in [6.07, 6.45) is 0. The van der Waals surface area contributed by atoms with Crippen LogP contribution in [0.25, 0.3) is 0 Å². The predicted molar refractivity (Wildman–Crippen MR) is 74.8 cm³/mol. The van der Waals surface area contributed by atoms with Crippen LogP contribution >= 0.6 is 11.6 Å². The maximum atomic E-state index is 11.7. The number of halogens is 1. The molecule has 110 valence electrons. The number of hydrogen-bond acceptors (Lipinski definition) is 3. The largest absolute Gasteiger partial charge is 0.480 e. The third-order valence-electron chi connectivity index (χ3n) is 2.66. The van der Waals surface area contributed by atoms with Crippen molar-refractivity contribution in [2.24, 2.45) is 0 Å². The van der Waals surface area contributed by atoms with E-state index in [9.17, 15) is 9.59 Å². The Kier molecular flexibility index (Phi) is 6.27. The highest BCUT2D eigenvalue weighted by atomic mass is 35.5. The van der Waals surface area contributed by atoms with Crippen molar-refractivity contribution in [3.8, 4) is 0 Å². The Labute approximate surface area is 122 Å². The van der Waals surface area contributed by atoms with Gasteiger partial charge in [-0.3, -0.25) is 0 Å². The van der Waals surface area contributed by atoms with Gasteiger partial charge in [0.2, 0.25) is 0 Å². The molecular weight excluding hydrogens is 284 g/mol. The lowest BCUT2D eigenvalue weighted by Gasteiger charge is -2.18. The van der Waals surface area contributed by atoms with E-state index in [-0.39, 0.29) is 12.6 Å². The molecule has 1 aromatic rings. The van der Waals surface area contributed by atoms with Gasteiger partial charge in [-0.05, 0) is 18.6 Å². The summed E-state index contributed by atoms with van der Waals surface area (Å²) >= 11 is 6.02. The highest BCUT2D eigenvalue weighted by molar-refractivity contribution is 6.31. The van der Waals surface area contributed by atoms with Crippen molar-refractivity contribution < 1.29 is 19.4 Å². The topological polar surface area (TPSA) is 87.7 Å². The van der Waals surface area contributed by atoms with E-state index >= 15 is 0 Å². The smallest absolute Gasteiger partial charge is 0.328 e. The standard InChI is InChI=1S/C13H17ClN2O4/c1-8(9-5-3-4-6-10(9)14)15-13(19)16-11(7-20-2)12(17)18/h3-6,8,11H,7H2,1-2H3,(H,17,18)(H2,15,16,19). The molecule has 0 aromatic heterocycles. The van der Waals surface area contributed by atoms with Crippen molar-refractivity contribution in [2.75, 3.05) is 13.7 Å². The van der Waals surface area contributed by atoms with Crippen LogP contribution in [0.15, 0.2) is 24.3 Å².